The highest BCUT2D eigenvalue weighted by Gasteiger charge is 2.17. The molecule has 0 saturated carbocycles. The molecule has 2 aromatic heterocycles. The third-order valence-electron chi connectivity index (χ3n) is 3.31. The van der Waals surface area contributed by atoms with Crippen molar-refractivity contribution in [3.63, 3.8) is 0 Å². The van der Waals surface area contributed by atoms with Crippen molar-refractivity contribution in [1.29, 1.82) is 0 Å². The normalized spacial score (nSPS) is 10.5. The van der Waals surface area contributed by atoms with Crippen LogP contribution in [0, 0.1) is 6.92 Å². The predicted octanol–water partition coefficient (Wildman–Crippen LogP) is 3.28. The molecule has 0 unspecified atom stereocenters. The van der Waals surface area contributed by atoms with Crippen molar-refractivity contribution in [2.45, 2.75) is 13.8 Å². The van der Waals surface area contributed by atoms with Gasteiger partial charge in [-0.05, 0) is 32.0 Å². The van der Waals surface area contributed by atoms with Crippen molar-refractivity contribution in [2.75, 3.05) is 11.9 Å². The zero-order chi connectivity index (χ0) is 17.8. The molecule has 0 atom stereocenters. The summed E-state index contributed by atoms with van der Waals surface area (Å²) in [6, 6.07) is 12.3. The fourth-order valence-corrected chi connectivity index (χ4v) is 2.44. The van der Waals surface area contributed by atoms with Gasteiger partial charge in [0.2, 0.25) is 11.7 Å². The number of halogens is 1. The first-order valence-corrected chi connectivity index (χ1v) is 8.06. The number of carbonyl (C=O) groups is 1. The van der Waals surface area contributed by atoms with Gasteiger partial charge >= 0.3 is 0 Å². The van der Waals surface area contributed by atoms with E-state index in [2.05, 4.69) is 20.4 Å². The Balaban J connectivity index is 1.83. The quantitative estimate of drug-likeness (QED) is 0.757. The molecular weight excluding hydrogens is 342 g/mol. The third kappa shape index (κ3) is 3.77. The lowest BCUT2D eigenvalue weighted by molar-refractivity contribution is 0.101. The van der Waals surface area contributed by atoms with Gasteiger partial charge in [-0.3, -0.25) is 4.79 Å². The number of nitrogens with one attached hydrogen (secondary N) is 1. The van der Waals surface area contributed by atoms with Crippen LogP contribution in [0.5, 0.6) is 5.88 Å². The zero-order valence-electron chi connectivity index (χ0n) is 13.7. The molecule has 1 N–H and O–H groups in total. The van der Waals surface area contributed by atoms with E-state index in [4.69, 9.17) is 16.3 Å². The summed E-state index contributed by atoms with van der Waals surface area (Å²) < 4.78 is 6.84. The molecular formula is C17H16ClN5O2. The van der Waals surface area contributed by atoms with Gasteiger partial charge in [-0.2, -0.15) is 4.98 Å². The number of nitrogens with zero attached hydrogens (tertiary/aromatic N) is 4. The van der Waals surface area contributed by atoms with Gasteiger partial charge in [-0.15, -0.1) is 5.10 Å². The summed E-state index contributed by atoms with van der Waals surface area (Å²) in [6.07, 6.45) is 0. The Labute approximate surface area is 149 Å². The molecule has 0 aliphatic carbocycles. The number of aryl methyl sites for hydroxylation is 1. The van der Waals surface area contributed by atoms with Crippen LogP contribution in [0.2, 0.25) is 5.02 Å². The number of amides is 1. The number of para-hydroxylation sites is 1. The smallest absolute Gasteiger partial charge is 0.296 e. The Morgan fingerprint density at radius 3 is 2.76 bits per heavy atom. The van der Waals surface area contributed by atoms with Gasteiger partial charge in [-0.25, -0.2) is 9.67 Å². The predicted molar refractivity (Wildman–Crippen MR) is 94.5 cm³/mol. The van der Waals surface area contributed by atoms with Gasteiger partial charge in [0.05, 0.1) is 17.3 Å². The number of anilines is 1. The van der Waals surface area contributed by atoms with Crippen LogP contribution < -0.4 is 10.1 Å². The number of hydrogen-bond donors (Lipinski definition) is 1. The van der Waals surface area contributed by atoms with E-state index >= 15 is 0 Å². The van der Waals surface area contributed by atoms with E-state index in [1.807, 2.05) is 19.1 Å². The fraction of sp³-hybridized carbons (Fsp3) is 0.176. The summed E-state index contributed by atoms with van der Waals surface area (Å²) in [6.45, 7) is 4.11. The van der Waals surface area contributed by atoms with Gasteiger partial charge in [-0.1, -0.05) is 29.8 Å². The van der Waals surface area contributed by atoms with Crippen molar-refractivity contribution < 1.29 is 9.53 Å². The highest BCUT2D eigenvalue weighted by Crippen LogP contribution is 2.20. The molecule has 0 radical (unpaired) electrons. The number of ether oxygens (including phenoxy) is 1. The Morgan fingerprint density at radius 2 is 2.00 bits per heavy atom. The molecule has 2 heterocycles. The Morgan fingerprint density at radius 1 is 1.20 bits per heavy atom. The highest BCUT2D eigenvalue weighted by molar-refractivity contribution is 6.32. The molecule has 1 amide bonds. The number of benzene rings is 1. The number of hydrogen-bond acceptors (Lipinski definition) is 5. The van der Waals surface area contributed by atoms with Gasteiger partial charge < -0.3 is 10.1 Å². The highest BCUT2D eigenvalue weighted by atomic mass is 35.5. The minimum atomic E-state index is -0.463. The summed E-state index contributed by atoms with van der Waals surface area (Å²) >= 11 is 6.18. The molecule has 7 nitrogen and oxygen atoms in total. The van der Waals surface area contributed by atoms with Gasteiger partial charge in [0, 0.05) is 6.07 Å². The number of pyridine rings is 1. The summed E-state index contributed by atoms with van der Waals surface area (Å²) in [4.78, 5) is 20.8. The van der Waals surface area contributed by atoms with Gasteiger partial charge in [0.1, 0.15) is 11.6 Å². The van der Waals surface area contributed by atoms with E-state index < -0.39 is 5.91 Å². The third-order valence-corrected chi connectivity index (χ3v) is 3.63. The van der Waals surface area contributed by atoms with Gasteiger partial charge in [0.15, 0.2) is 0 Å². The van der Waals surface area contributed by atoms with Gasteiger partial charge in [0.25, 0.3) is 5.91 Å². The SMILES string of the molecule is CCOc1cccc(NC(=O)c2nc(C)n(-c3ccccc3Cl)n2)n1. The molecule has 0 aliphatic heterocycles. The van der Waals surface area contributed by atoms with Crippen molar-refractivity contribution in [1.82, 2.24) is 19.7 Å². The number of aromatic nitrogens is 4. The van der Waals surface area contributed by atoms with E-state index in [0.717, 1.165) is 0 Å². The first kappa shape index (κ1) is 16.9. The molecule has 0 saturated heterocycles. The van der Waals surface area contributed by atoms with Crippen molar-refractivity contribution >= 4 is 23.3 Å². The minimum Gasteiger partial charge on any atom is -0.478 e. The van der Waals surface area contributed by atoms with Crippen molar-refractivity contribution in [3.8, 4) is 11.6 Å². The molecule has 3 rings (SSSR count). The Hall–Kier alpha value is -2.93. The van der Waals surface area contributed by atoms with Crippen LogP contribution >= 0.6 is 11.6 Å². The Bertz CT molecular complexity index is 910. The lowest BCUT2D eigenvalue weighted by Gasteiger charge is -2.05. The molecule has 0 bridgehead atoms. The maximum absolute atomic E-state index is 12.4. The zero-order valence-corrected chi connectivity index (χ0v) is 14.5. The Kier molecular flexibility index (Phi) is 4.95. The first-order chi connectivity index (χ1) is 12.1. The molecule has 128 valence electrons. The molecule has 3 aromatic rings. The van der Waals surface area contributed by atoms with Crippen molar-refractivity contribution in [2.24, 2.45) is 0 Å². The second-order valence-corrected chi connectivity index (χ2v) is 5.50. The summed E-state index contributed by atoms with van der Waals surface area (Å²) in [5.74, 6) is 0.916. The molecule has 8 heteroatoms. The monoisotopic (exact) mass is 357 g/mol. The molecule has 0 fully saturated rings. The summed E-state index contributed by atoms with van der Waals surface area (Å²) in [5, 5.41) is 7.43. The van der Waals surface area contributed by atoms with Crippen LogP contribution in [0.25, 0.3) is 5.69 Å². The lowest BCUT2D eigenvalue weighted by atomic mass is 10.3. The maximum Gasteiger partial charge on any atom is 0.296 e. The van der Waals surface area contributed by atoms with E-state index in [1.54, 1.807) is 37.3 Å². The minimum absolute atomic E-state index is 0.0287. The molecule has 0 spiro atoms. The standard InChI is InChI=1S/C17H16ClN5O2/c1-3-25-15-10-6-9-14(20-15)21-17(24)16-19-11(2)23(22-16)13-8-5-4-7-12(13)18/h4-10H,3H2,1-2H3,(H,20,21,24). The molecule has 0 aliphatic rings. The van der Waals surface area contributed by atoms with E-state index in [9.17, 15) is 4.79 Å². The average molecular weight is 358 g/mol. The van der Waals surface area contributed by atoms with Crippen LogP contribution in [-0.2, 0) is 0 Å². The van der Waals surface area contributed by atoms with Crippen LogP contribution in [0.3, 0.4) is 0 Å². The lowest BCUT2D eigenvalue weighted by Crippen LogP contribution is -2.15. The number of rotatable bonds is 5. The van der Waals surface area contributed by atoms with Crippen LogP contribution in [0.1, 0.15) is 23.4 Å². The second-order valence-electron chi connectivity index (χ2n) is 5.09. The summed E-state index contributed by atoms with van der Waals surface area (Å²) in [5.41, 5.74) is 0.657. The average Bonchev–Trinajstić information content (AvgIpc) is 2.98. The fourth-order valence-electron chi connectivity index (χ4n) is 2.22. The summed E-state index contributed by atoms with van der Waals surface area (Å²) in [7, 11) is 0. The van der Waals surface area contributed by atoms with Crippen LogP contribution in [0.4, 0.5) is 5.82 Å². The largest absolute Gasteiger partial charge is 0.478 e. The first-order valence-electron chi connectivity index (χ1n) is 7.68. The second kappa shape index (κ2) is 7.31. The topological polar surface area (TPSA) is 81.9 Å². The van der Waals surface area contributed by atoms with E-state index in [0.29, 0.717) is 34.8 Å². The number of carbonyl (C=O) groups excluding carboxylic acids is 1. The maximum atomic E-state index is 12.4. The molecule has 1 aromatic carbocycles. The van der Waals surface area contributed by atoms with Crippen LogP contribution in [-0.4, -0.2) is 32.3 Å². The van der Waals surface area contributed by atoms with E-state index in [-0.39, 0.29) is 5.82 Å². The van der Waals surface area contributed by atoms with E-state index in [1.165, 1.54) is 4.68 Å². The van der Waals surface area contributed by atoms with Crippen LogP contribution in [0.15, 0.2) is 42.5 Å². The molecule has 25 heavy (non-hydrogen) atoms. The van der Waals surface area contributed by atoms with Crippen molar-refractivity contribution in [3.05, 3.63) is 59.1 Å².